The van der Waals surface area contributed by atoms with Crippen molar-refractivity contribution in [2.45, 2.75) is 26.3 Å². The lowest BCUT2D eigenvalue weighted by Gasteiger charge is -2.09. The molecule has 78 valence electrons. The Bertz CT molecular complexity index is 453. The summed E-state index contributed by atoms with van der Waals surface area (Å²) in [6.07, 6.45) is 1.90. The summed E-state index contributed by atoms with van der Waals surface area (Å²) in [4.78, 5) is 7.78. The van der Waals surface area contributed by atoms with Crippen LogP contribution in [-0.2, 0) is 0 Å². The first kappa shape index (κ1) is 9.97. The molecule has 0 aliphatic heterocycles. The summed E-state index contributed by atoms with van der Waals surface area (Å²) in [6, 6.07) is 10.4. The van der Waals surface area contributed by atoms with Gasteiger partial charge >= 0.3 is 0 Å². The minimum Gasteiger partial charge on any atom is -0.354 e. The fourth-order valence-corrected chi connectivity index (χ4v) is 1.43. The first-order chi connectivity index (χ1) is 7.04. The van der Waals surface area contributed by atoms with E-state index in [-0.39, 0.29) is 5.54 Å². The van der Waals surface area contributed by atoms with Crippen LogP contribution in [0.25, 0.3) is 10.9 Å². The third kappa shape index (κ3) is 2.46. The van der Waals surface area contributed by atoms with E-state index in [0.717, 1.165) is 11.2 Å². The molecular formula is C13H16N2. The molecule has 0 bridgehead atoms. The molecule has 0 unspecified atom stereocenters. The van der Waals surface area contributed by atoms with Crippen LogP contribution in [0.15, 0.2) is 35.3 Å². The third-order valence-corrected chi connectivity index (χ3v) is 2.14. The number of aliphatic imine (C=N–C) groups is 1. The molecule has 0 aliphatic rings. The average Bonchev–Trinajstić information content (AvgIpc) is 2.56. The summed E-state index contributed by atoms with van der Waals surface area (Å²) in [5.41, 5.74) is 2.20. The average molecular weight is 200 g/mol. The zero-order valence-corrected chi connectivity index (χ0v) is 9.41. The zero-order valence-electron chi connectivity index (χ0n) is 9.41. The van der Waals surface area contributed by atoms with Gasteiger partial charge in [-0.2, -0.15) is 0 Å². The lowest BCUT2D eigenvalue weighted by molar-refractivity contribution is 0.586. The SMILES string of the molecule is CC(C)(C)N=Cc1cc2ccccc2[nH]1. The second-order valence-electron chi connectivity index (χ2n) is 4.74. The summed E-state index contributed by atoms with van der Waals surface area (Å²) >= 11 is 0. The van der Waals surface area contributed by atoms with Gasteiger partial charge in [-0.15, -0.1) is 0 Å². The largest absolute Gasteiger partial charge is 0.354 e. The Morgan fingerprint density at radius 2 is 1.93 bits per heavy atom. The van der Waals surface area contributed by atoms with Gasteiger partial charge in [-0.3, -0.25) is 4.99 Å². The maximum absolute atomic E-state index is 4.47. The maximum Gasteiger partial charge on any atom is 0.0572 e. The van der Waals surface area contributed by atoms with Crippen molar-refractivity contribution in [1.29, 1.82) is 0 Å². The van der Waals surface area contributed by atoms with Gasteiger partial charge in [0.05, 0.1) is 11.2 Å². The van der Waals surface area contributed by atoms with Gasteiger partial charge in [0.25, 0.3) is 0 Å². The lowest BCUT2D eigenvalue weighted by Crippen LogP contribution is -2.09. The number of H-pyrrole nitrogens is 1. The highest BCUT2D eigenvalue weighted by molar-refractivity contribution is 5.89. The van der Waals surface area contributed by atoms with Gasteiger partial charge < -0.3 is 4.98 Å². The fourth-order valence-electron chi connectivity index (χ4n) is 1.43. The van der Waals surface area contributed by atoms with Crippen LogP contribution < -0.4 is 0 Å². The van der Waals surface area contributed by atoms with E-state index in [0.29, 0.717) is 0 Å². The van der Waals surface area contributed by atoms with Gasteiger partial charge in [0.2, 0.25) is 0 Å². The number of aromatic nitrogens is 1. The molecular weight excluding hydrogens is 184 g/mol. The Labute approximate surface area is 90.0 Å². The van der Waals surface area contributed by atoms with Crippen molar-refractivity contribution in [2.75, 3.05) is 0 Å². The third-order valence-electron chi connectivity index (χ3n) is 2.14. The van der Waals surface area contributed by atoms with Crippen molar-refractivity contribution in [3.63, 3.8) is 0 Å². The topological polar surface area (TPSA) is 28.1 Å². The Morgan fingerprint density at radius 3 is 2.60 bits per heavy atom. The molecule has 2 aromatic rings. The van der Waals surface area contributed by atoms with E-state index in [9.17, 15) is 0 Å². The Kier molecular flexibility index (Phi) is 2.35. The molecule has 0 aliphatic carbocycles. The normalized spacial score (nSPS) is 12.7. The predicted molar refractivity (Wildman–Crippen MR) is 65.6 cm³/mol. The van der Waals surface area contributed by atoms with Crippen molar-refractivity contribution < 1.29 is 0 Å². The number of nitrogens with one attached hydrogen (secondary N) is 1. The van der Waals surface area contributed by atoms with Crippen molar-refractivity contribution in [2.24, 2.45) is 4.99 Å². The Balaban J connectivity index is 2.34. The van der Waals surface area contributed by atoms with Gasteiger partial charge in [0, 0.05) is 17.1 Å². The molecule has 0 atom stereocenters. The number of benzene rings is 1. The summed E-state index contributed by atoms with van der Waals surface area (Å²) < 4.78 is 0. The summed E-state index contributed by atoms with van der Waals surface area (Å²) in [5.74, 6) is 0. The molecule has 2 nitrogen and oxygen atoms in total. The van der Waals surface area contributed by atoms with Crippen LogP contribution >= 0.6 is 0 Å². The molecule has 2 heteroatoms. The van der Waals surface area contributed by atoms with Crippen LogP contribution in [0.4, 0.5) is 0 Å². The highest BCUT2D eigenvalue weighted by Gasteiger charge is 2.05. The fraction of sp³-hybridized carbons (Fsp3) is 0.308. The van der Waals surface area contributed by atoms with E-state index >= 15 is 0 Å². The van der Waals surface area contributed by atoms with Crippen LogP contribution in [-0.4, -0.2) is 16.7 Å². The molecule has 1 N–H and O–H groups in total. The molecule has 0 spiro atoms. The molecule has 15 heavy (non-hydrogen) atoms. The van der Waals surface area contributed by atoms with E-state index < -0.39 is 0 Å². The molecule has 0 saturated carbocycles. The van der Waals surface area contributed by atoms with Gasteiger partial charge in [-0.25, -0.2) is 0 Å². The standard InChI is InChI=1S/C13H16N2/c1-13(2,3)14-9-11-8-10-6-4-5-7-12(10)15-11/h4-9,15H,1-3H3. The van der Waals surface area contributed by atoms with Crippen LogP contribution in [0.1, 0.15) is 26.5 Å². The van der Waals surface area contributed by atoms with Gasteiger partial charge in [0.15, 0.2) is 0 Å². The number of rotatable bonds is 1. The van der Waals surface area contributed by atoms with E-state index in [1.807, 2.05) is 18.3 Å². The smallest absolute Gasteiger partial charge is 0.0572 e. The zero-order chi connectivity index (χ0) is 10.9. The quantitative estimate of drug-likeness (QED) is 0.683. The first-order valence-corrected chi connectivity index (χ1v) is 5.18. The van der Waals surface area contributed by atoms with Crippen LogP contribution in [0, 0.1) is 0 Å². The highest BCUT2D eigenvalue weighted by atomic mass is 14.8. The molecule has 2 rings (SSSR count). The second kappa shape index (κ2) is 3.54. The highest BCUT2D eigenvalue weighted by Crippen LogP contribution is 2.14. The van der Waals surface area contributed by atoms with Crippen molar-refractivity contribution in [3.8, 4) is 0 Å². The lowest BCUT2D eigenvalue weighted by atomic mass is 10.1. The monoisotopic (exact) mass is 200 g/mol. The van der Waals surface area contributed by atoms with Crippen LogP contribution in [0.3, 0.4) is 0 Å². The van der Waals surface area contributed by atoms with Crippen molar-refractivity contribution >= 4 is 17.1 Å². The van der Waals surface area contributed by atoms with Crippen LogP contribution in [0.5, 0.6) is 0 Å². The van der Waals surface area contributed by atoms with E-state index in [2.05, 4.69) is 48.9 Å². The van der Waals surface area contributed by atoms with E-state index in [1.165, 1.54) is 5.39 Å². The summed E-state index contributed by atoms with van der Waals surface area (Å²) in [5, 5.41) is 1.23. The summed E-state index contributed by atoms with van der Waals surface area (Å²) in [6.45, 7) is 6.27. The first-order valence-electron chi connectivity index (χ1n) is 5.18. The molecule has 1 heterocycles. The molecule has 0 fully saturated rings. The molecule has 1 aromatic heterocycles. The number of fused-ring (bicyclic) bond motifs is 1. The Hall–Kier alpha value is -1.57. The van der Waals surface area contributed by atoms with E-state index in [4.69, 9.17) is 0 Å². The van der Waals surface area contributed by atoms with Crippen molar-refractivity contribution in [1.82, 2.24) is 4.98 Å². The van der Waals surface area contributed by atoms with Gasteiger partial charge in [-0.05, 0) is 32.9 Å². The number of aromatic amines is 1. The molecule has 1 aromatic carbocycles. The van der Waals surface area contributed by atoms with Crippen molar-refractivity contribution in [3.05, 3.63) is 36.0 Å². The van der Waals surface area contributed by atoms with Gasteiger partial charge in [0.1, 0.15) is 0 Å². The van der Waals surface area contributed by atoms with Gasteiger partial charge in [-0.1, -0.05) is 18.2 Å². The maximum atomic E-state index is 4.47. The number of hydrogen-bond acceptors (Lipinski definition) is 1. The minimum atomic E-state index is -0.0166. The predicted octanol–water partition coefficient (Wildman–Crippen LogP) is 3.39. The summed E-state index contributed by atoms with van der Waals surface area (Å²) in [7, 11) is 0. The van der Waals surface area contributed by atoms with Crippen LogP contribution in [0.2, 0.25) is 0 Å². The minimum absolute atomic E-state index is 0.0166. The molecule has 0 radical (unpaired) electrons. The molecule has 0 saturated heterocycles. The number of para-hydroxylation sites is 1. The van der Waals surface area contributed by atoms with E-state index in [1.54, 1.807) is 0 Å². The number of nitrogens with zero attached hydrogens (tertiary/aromatic N) is 1. The molecule has 0 amide bonds. The second-order valence-corrected chi connectivity index (χ2v) is 4.74. The number of hydrogen-bond donors (Lipinski definition) is 1. The Morgan fingerprint density at radius 1 is 1.20 bits per heavy atom.